The topological polar surface area (TPSA) is 68.0 Å². The molecule has 1 unspecified atom stereocenters. The van der Waals surface area contributed by atoms with Gasteiger partial charge >= 0.3 is 0 Å². The number of nitrogens with zero attached hydrogens (tertiary/aromatic N) is 1. The van der Waals surface area contributed by atoms with Crippen molar-refractivity contribution in [2.24, 2.45) is 5.73 Å². The molecule has 1 aliphatic rings. The van der Waals surface area contributed by atoms with E-state index in [4.69, 9.17) is 15.2 Å². The van der Waals surface area contributed by atoms with Gasteiger partial charge in [0.1, 0.15) is 0 Å². The Morgan fingerprint density at radius 1 is 1.53 bits per heavy atom. The van der Waals surface area contributed by atoms with Crippen LogP contribution < -0.4 is 5.73 Å². The smallest absolute Gasteiger partial charge is 0.0900 e. The molecule has 0 saturated carbocycles. The zero-order valence-electron chi connectivity index (χ0n) is 9.39. The van der Waals surface area contributed by atoms with Crippen molar-refractivity contribution in [2.75, 3.05) is 46.6 Å². The molecule has 90 valence electrons. The molecule has 5 nitrogen and oxygen atoms in total. The zero-order chi connectivity index (χ0) is 11.1. The SMILES string of the molecule is COCCOCC(O)CN1CC[C@H](N)C1. The summed E-state index contributed by atoms with van der Waals surface area (Å²) in [6.07, 6.45) is 0.601. The van der Waals surface area contributed by atoms with Gasteiger partial charge in [-0.2, -0.15) is 0 Å². The Labute approximate surface area is 91.1 Å². The van der Waals surface area contributed by atoms with Gasteiger partial charge in [-0.25, -0.2) is 0 Å². The van der Waals surface area contributed by atoms with E-state index in [1.165, 1.54) is 0 Å². The number of hydrogen-bond donors (Lipinski definition) is 2. The van der Waals surface area contributed by atoms with Gasteiger partial charge in [0.25, 0.3) is 0 Å². The average molecular weight is 218 g/mol. The summed E-state index contributed by atoms with van der Waals surface area (Å²) in [5, 5.41) is 9.65. The number of hydrogen-bond acceptors (Lipinski definition) is 5. The van der Waals surface area contributed by atoms with E-state index in [9.17, 15) is 5.11 Å². The highest BCUT2D eigenvalue weighted by Crippen LogP contribution is 2.07. The molecule has 0 aromatic carbocycles. The first-order valence-corrected chi connectivity index (χ1v) is 5.45. The lowest BCUT2D eigenvalue weighted by Crippen LogP contribution is -2.35. The van der Waals surface area contributed by atoms with Gasteiger partial charge in [-0.3, -0.25) is 4.90 Å². The van der Waals surface area contributed by atoms with Crippen LogP contribution >= 0.6 is 0 Å². The molecule has 3 N–H and O–H groups in total. The van der Waals surface area contributed by atoms with E-state index >= 15 is 0 Å². The summed E-state index contributed by atoms with van der Waals surface area (Å²) >= 11 is 0. The van der Waals surface area contributed by atoms with Crippen LogP contribution in [0.1, 0.15) is 6.42 Å². The summed E-state index contributed by atoms with van der Waals surface area (Å²) in [6.45, 7) is 4.00. The third kappa shape index (κ3) is 5.44. The fraction of sp³-hybridized carbons (Fsp3) is 1.00. The molecule has 1 heterocycles. The maximum absolute atomic E-state index is 9.65. The van der Waals surface area contributed by atoms with Crippen LogP contribution in [0.3, 0.4) is 0 Å². The minimum atomic E-state index is -0.424. The summed E-state index contributed by atoms with van der Waals surface area (Å²) < 4.78 is 10.1. The maximum atomic E-state index is 9.65. The number of methoxy groups -OCH3 is 1. The van der Waals surface area contributed by atoms with Crippen molar-refractivity contribution in [1.82, 2.24) is 4.90 Å². The quantitative estimate of drug-likeness (QED) is 0.539. The molecule has 0 amide bonds. The third-order valence-corrected chi connectivity index (χ3v) is 2.52. The highest BCUT2D eigenvalue weighted by Gasteiger charge is 2.20. The maximum Gasteiger partial charge on any atom is 0.0900 e. The molecule has 0 aromatic rings. The summed E-state index contributed by atoms with van der Waals surface area (Å²) in [7, 11) is 1.63. The van der Waals surface area contributed by atoms with Gasteiger partial charge in [-0.15, -0.1) is 0 Å². The highest BCUT2D eigenvalue weighted by molar-refractivity contribution is 4.79. The molecule has 0 bridgehead atoms. The molecule has 5 heteroatoms. The van der Waals surface area contributed by atoms with Crippen molar-refractivity contribution < 1.29 is 14.6 Å². The predicted octanol–water partition coefficient (Wildman–Crippen LogP) is -0.957. The van der Waals surface area contributed by atoms with Gasteiger partial charge in [0.05, 0.1) is 25.9 Å². The van der Waals surface area contributed by atoms with Gasteiger partial charge in [0.2, 0.25) is 0 Å². The largest absolute Gasteiger partial charge is 0.389 e. The number of aliphatic hydroxyl groups is 1. The zero-order valence-corrected chi connectivity index (χ0v) is 9.39. The van der Waals surface area contributed by atoms with Crippen LogP contribution in [0.4, 0.5) is 0 Å². The number of β-amino-alcohol motifs (C(OH)–C–C–N with tert-alkyl or cyclic N) is 1. The Balaban J connectivity index is 2.00. The molecular formula is C10H22N2O3. The van der Waals surface area contributed by atoms with Crippen LogP contribution in [0, 0.1) is 0 Å². The van der Waals surface area contributed by atoms with E-state index in [1.54, 1.807) is 7.11 Å². The number of likely N-dealkylation sites (tertiary alicyclic amines) is 1. The van der Waals surface area contributed by atoms with Gasteiger partial charge < -0.3 is 20.3 Å². The summed E-state index contributed by atoms with van der Waals surface area (Å²) in [5.74, 6) is 0. The third-order valence-electron chi connectivity index (χ3n) is 2.52. The van der Waals surface area contributed by atoms with Crippen molar-refractivity contribution in [2.45, 2.75) is 18.6 Å². The van der Waals surface area contributed by atoms with E-state index < -0.39 is 6.10 Å². The predicted molar refractivity (Wildman–Crippen MR) is 57.7 cm³/mol. The molecule has 2 atom stereocenters. The molecule has 15 heavy (non-hydrogen) atoms. The number of ether oxygens (including phenoxy) is 2. The molecule has 0 spiro atoms. The Hall–Kier alpha value is -0.200. The first kappa shape index (κ1) is 12.9. The van der Waals surface area contributed by atoms with Gasteiger partial charge in [0.15, 0.2) is 0 Å². The molecule has 1 fully saturated rings. The van der Waals surface area contributed by atoms with Crippen molar-refractivity contribution in [3.63, 3.8) is 0 Å². The Bertz CT molecular complexity index is 169. The summed E-state index contributed by atoms with van der Waals surface area (Å²) in [4.78, 5) is 2.18. The van der Waals surface area contributed by atoms with E-state index in [0.717, 1.165) is 19.5 Å². The van der Waals surface area contributed by atoms with E-state index in [2.05, 4.69) is 4.90 Å². The first-order chi connectivity index (χ1) is 7.22. The van der Waals surface area contributed by atoms with Crippen molar-refractivity contribution in [3.8, 4) is 0 Å². The fourth-order valence-corrected chi connectivity index (χ4v) is 1.74. The van der Waals surface area contributed by atoms with Crippen molar-refractivity contribution >= 4 is 0 Å². The summed E-state index contributed by atoms with van der Waals surface area (Å²) in [6, 6.07) is 0.270. The minimum Gasteiger partial charge on any atom is -0.389 e. The molecule has 0 aromatic heterocycles. The normalized spacial score (nSPS) is 24.6. The monoisotopic (exact) mass is 218 g/mol. The molecule has 1 rings (SSSR count). The minimum absolute atomic E-state index is 0.270. The number of rotatable bonds is 7. The van der Waals surface area contributed by atoms with Crippen LogP contribution in [0.25, 0.3) is 0 Å². The van der Waals surface area contributed by atoms with Crippen LogP contribution in [0.15, 0.2) is 0 Å². The second kappa shape index (κ2) is 7.14. The van der Waals surface area contributed by atoms with E-state index in [0.29, 0.717) is 26.4 Å². The standard InChI is InChI=1S/C10H22N2O3/c1-14-4-5-15-8-10(13)7-12-3-2-9(11)6-12/h9-10,13H,2-8,11H2,1H3/t9-,10?/m0/s1. The van der Waals surface area contributed by atoms with Crippen LogP contribution in [-0.2, 0) is 9.47 Å². The molecule has 1 saturated heterocycles. The lowest BCUT2D eigenvalue weighted by atomic mass is 10.3. The van der Waals surface area contributed by atoms with Crippen molar-refractivity contribution in [1.29, 1.82) is 0 Å². The second-order valence-electron chi connectivity index (χ2n) is 4.03. The first-order valence-electron chi connectivity index (χ1n) is 5.45. The second-order valence-corrected chi connectivity index (χ2v) is 4.03. The average Bonchev–Trinajstić information content (AvgIpc) is 2.59. The molecule has 0 aliphatic carbocycles. The van der Waals surface area contributed by atoms with E-state index in [1.807, 2.05) is 0 Å². The van der Waals surface area contributed by atoms with Gasteiger partial charge in [-0.1, -0.05) is 0 Å². The molecule has 1 aliphatic heterocycles. The van der Waals surface area contributed by atoms with E-state index in [-0.39, 0.29) is 6.04 Å². The van der Waals surface area contributed by atoms with Crippen LogP contribution in [0.2, 0.25) is 0 Å². The Kier molecular flexibility index (Phi) is 6.12. The number of nitrogens with two attached hydrogens (primary N) is 1. The van der Waals surface area contributed by atoms with Gasteiger partial charge in [-0.05, 0) is 13.0 Å². The number of aliphatic hydroxyl groups excluding tert-OH is 1. The lowest BCUT2D eigenvalue weighted by molar-refractivity contribution is 0.00202. The van der Waals surface area contributed by atoms with Crippen molar-refractivity contribution in [3.05, 3.63) is 0 Å². The fourth-order valence-electron chi connectivity index (χ4n) is 1.74. The van der Waals surface area contributed by atoms with Crippen LogP contribution in [-0.4, -0.2) is 68.7 Å². The lowest BCUT2D eigenvalue weighted by Gasteiger charge is -2.19. The van der Waals surface area contributed by atoms with Crippen LogP contribution in [0.5, 0.6) is 0 Å². The summed E-state index contributed by atoms with van der Waals surface area (Å²) in [5.41, 5.74) is 5.77. The highest BCUT2D eigenvalue weighted by atomic mass is 16.5. The molecular weight excluding hydrogens is 196 g/mol. The molecule has 0 radical (unpaired) electrons. The van der Waals surface area contributed by atoms with Gasteiger partial charge in [0, 0.05) is 26.2 Å². The Morgan fingerprint density at radius 3 is 2.93 bits per heavy atom. The Morgan fingerprint density at radius 2 is 2.33 bits per heavy atom.